The maximum atomic E-state index is 12.9. The Hall–Kier alpha value is -1.10. The molecule has 0 radical (unpaired) electrons. The Bertz CT molecular complexity index is 290. The van der Waals surface area contributed by atoms with Crippen molar-refractivity contribution in [2.45, 2.75) is 12.3 Å². The van der Waals surface area contributed by atoms with Crippen molar-refractivity contribution in [3.8, 4) is 0 Å². The average molecular weight is 191 g/mol. The van der Waals surface area contributed by atoms with Crippen molar-refractivity contribution in [2.75, 3.05) is 6.61 Å². The molecule has 5 heteroatoms. The molecule has 0 amide bonds. The highest BCUT2D eigenvalue weighted by Gasteiger charge is 2.32. The van der Waals surface area contributed by atoms with Gasteiger partial charge in [-0.05, 0) is 6.07 Å². The van der Waals surface area contributed by atoms with Gasteiger partial charge in [-0.15, -0.1) is 0 Å². The summed E-state index contributed by atoms with van der Waals surface area (Å²) in [6.45, 7) is -0.662. The van der Waals surface area contributed by atoms with Gasteiger partial charge in [0.1, 0.15) is 11.5 Å². The molecule has 1 aromatic heterocycles. The van der Waals surface area contributed by atoms with Gasteiger partial charge in [-0.1, -0.05) is 0 Å². The molecule has 1 aromatic rings. The lowest BCUT2D eigenvalue weighted by atomic mass is 10.1. The van der Waals surface area contributed by atoms with E-state index in [4.69, 9.17) is 5.11 Å². The van der Waals surface area contributed by atoms with E-state index in [1.54, 1.807) is 0 Å². The molecule has 0 saturated heterocycles. The second kappa shape index (κ2) is 3.74. The van der Waals surface area contributed by atoms with Gasteiger partial charge in [0.2, 0.25) is 0 Å². The van der Waals surface area contributed by atoms with Gasteiger partial charge in [-0.3, -0.25) is 4.98 Å². The summed E-state index contributed by atoms with van der Waals surface area (Å²) in [6, 6.07) is 1.65. The van der Waals surface area contributed by atoms with Gasteiger partial charge < -0.3 is 5.11 Å². The van der Waals surface area contributed by atoms with Crippen LogP contribution in [0.1, 0.15) is 12.1 Å². The summed E-state index contributed by atoms with van der Waals surface area (Å²) in [4.78, 5) is 3.33. The van der Waals surface area contributed by atoms with Crippen LogP contribution in [-0.2, 0) is 5.92 Å². The fourth-order valence-corrected chi connectivity index (χ4v) is 0.873. The first-order chi connectivity index (χ1) is 6.06. The van der Waals surface area contributed by atoms with Gasteiger partial charge in [0, 0.05) is 25.3 Å². The zero-order valence-electron chi connectivity index (χ0n) is 6.67. The molecule has 0 atom stereocenters. The molecule has 1 N–H and O–H groups in total. The van der Waals surface area contributed by atoms with Crippen molar-refractivity contribution in [2.24, 2.45) is 0 Å². The smallest absolute Gasteiger partial charge is 0.291 e. The molecular weight excluding hydrogens is 183 g/mol. The third kappa shape index (κ3) is 2.42. The zero-order chi connectivity index (χ0) is 9.90. The molecular formula is C8H8F3NO. The van der Waals surface area contributed by atoms with Crippen LogP contribution in [0.4, 0.5) is 13.2 Å². The molecule has 0 spiro atoms. The van der Waals surface area contributed by atoms with Crippen LogP contribution < -0.4 is 0 Å². The van der Waals surface area contributed by atoms with Crippen LogP contribution in [0.3, 0.4) is 0 Å². The van der Waals surface area contributed by atoms with E-state index in [1.165, 1.54) is 0 Å². The monoisotopic (exact) mass is 191 g/mol. The largest absolute Gasteiger partial charge is 0.396 e. The van der Waals surface area contributed by atoms with E-state index in [2.05, 4.69) is 4.98 Å². The number of halogens is 3. The van der Waals surface area contributed by atoms with Gasteiger partial charge in [-0.25, -0.2) is 4.39 Å². The third-order valence-electron chi connectivity index (χ3n) is 1.52. The molecule has 0 bridgehead atoms. The summed E-state index contributed by atoms with van der Waals surface area (Å²) in [7, 11) is 0. The van der Waals surface area contributed by atoms with Gasteiger partial charge in [-0.2, -0.15) is 8.78 Å². The molecule has 2 nitrogen and oxygen atoms in total. The highest BCUT2D eigenvalue weighted by molar-refractivity contribution is 5.11. The first-order valence-electron chi connectivity index (χ1n) is 3.67. The van der Waals surface area contributed by atoms with Crippen molar-refractivity contribution in [1.29, 1.82) is 0 Å². The van der Waals surface area contributed by atoms with Gasteiger partial charge in [0.05, 0.1) is 0 Å². The highest BCUT2D eigenvalue weighted by atomic mass is 19.3. The van der Waals surface area contributed by atoms with E-state index < -0.39 is 30.5 Å². The highest BCUT2D eigenvalue weighted by Crippen LogP contribution is 2.29. The van der Waals surface area contributed by atoms with Crippen molar-refractivity contribution in [3.05, 3.63) is 29.8 Å². The number of pyridine rings is 1. The average Bonchev–Trinajstić information content (AvgIpc) is 2.04. The third-order valence-corrected chi connectivity index (χ3v) is 1.52. The Balaban J connectivity index is 2.93. The van der Waals surface area contributed by atoms with Gasteiger partial charge in [0.25, 0.3) is 5.92 Å². The molecule has 0 aliphatic heterocycles. The van der Waals surface area contributed by atoms with Crippen molar-refractivity contribution in [3.63, 3.8) is 0 Å². The van der Waals surface area contributed by atoms with Crippen molar-refractivity contribution < 1.29 is 18.3 Å². The zero-order valence-corrected chi connectivity index (χ0v) is 6.67. The summed E-state index contributed by atoms with van der Waals surface area (Å²) in [6.07, 6.45) is 0.222. The summed E-state index contributed by atoms with van der Waals surface area (Å²) < 4.78 is 38.4. The summed E-state index contributed by atoms with van der Waals surface area (Å²) in [5.74, 6) is -4.03. The summed E-state index contributed by atoms with van der Waals surface area (Å²) in [5.41, 5.74) is -0.651. The molecule has 0 aliphatic rings. The number of aliphatic hydroxyl groups excluding tert-OH is 1. The van der Waals surface area contributed by atoms with E-state index >= 15 is 0 Å². The van der Waals surface area contributed by atoms with Crippen LogP contribution in [0.15, 0.2) is 18.3 Å². The number of aliphatic hydroxyl groups is 1. The van der Waals surface area contributed by atoms with E-state index in [9.17, 15) is 13.2 Å². The first-order valence-corrected chi connectivity index (χ1v) is 3.67. The van der Waals surface area contributed by atoms with E-state index in [-0.39, 0.29) is 0 Å². The lowest BCUT2D eigenvalue weighted by Crippen LogP contribution is -2.17. The number of rotatable bonds is 3. The molecule has 1 heterocycles. The SMILES string of the molecule is OCCC(F)(F)c1cc(F)ccn1. The van der Waals surface area contributed by atoms with Crippen molar-refractivity contribution in [1.82, 2.24) is 4.98 Å². The second-order valence-corrected chi connectivity index (χ2v) is 2.54. The quantitative estimate of drug-likeness (QED) is 0.788. The van der Waals surface area contributed by atoms with E-state index in [0.29, 0.717) is 6.07 Å². The van der Waals surface area contributed by atoms with Gasteiger partial charge >= 0.3 is 0 Å². The molecule has 72 valence electrons. The molecule has 0 aliphatic carbocycles. The Kier molecular flexibility index (Phi) is 2.87. The number of alkyl halides is 2. The maximum Gasteiger partial charge on any atom is 0.291 e. The number of hydrogen-bond donors (Lipinski definition) is 1. The fraction of sp³-hybridized carbons (Fsp3) is 0.375. The van der Waals surface area contributed by atoms with E-state index in [0.717, 1.165) is 12.3 Å². The Morgan fingerprint density at radius 2 is 2.15 bits per heavy atom. The minimum Gasteiger partial charge on any atom is -0.396 e. The Morgan fingerprint density at radius 3 is 2.69 bits per heavy atom. The first kappa shape index (κ1) is 9.98. The van der Waals surface area contributed by atoms with Crippen LogP contribution in [0.2, 0.25) is 0 Å². The lowest BCUT2D eigenvalue weighted by molar-refractivity contribution is -0.0313. The minimum absolute atomic E-state index is 0.651. The molecule has 1 rings (SSSR count). The molecule has 0 aromatic carbocycles. The standard InChI is InChI=1S/C8H8F3NO/c9-6-1-3-12-7(5-6)8(10,11)2-4-13/h1,3,5,13H,2,4H2. The van der Waals surface area contributed by atoms with Crippen LogP contribution in [0.5, 0.6) is 0 Å². The van der Waals surface area contributed by atoms with E-state index in [1.807, 2.05) is 0 Å². The second-order valence-electron chi connectivity index (χ2n) is 2.54. The molecule has 0 saturated carbocycles. The Morgan fingerprint density at radius 1 is 1.46 bits per heavy atom. The van der Waals surface area contributed by atoms with Crippen LogP contribution in [-0.4, -0.2) is 16.7 Å². The molecule has 0 fully saturated rings. The summed E-state index contributed by atoms with van der Waals surface area (Å²) >= 11 is 0. The number of hydrogen-bond acceptors (Lipinski definition) is 2. The van der Waals surface area contributed by atoms with Crippen LogP contribution >= 0.6 is 0 Å². The maximum absolute atomic E-state index is 12.9. The predicted molar refractivity (Wildman–Crippen MR) is 39.8 cm³/mol. The molecule has 0 unspecified atom stereocenters. The predicted octanol–water partition coefficient (Wildman–Crippen LogP) is 1.69. The lowest BCUT2D eigenvalue weighted by Gasteiger charge is -2.13. The minimum atomic E-state index is -3.27. The van der Waals surface area contributed by atoms with Gasteiger partial charge in [0.15, 0.2) is 0 Å². The normalized spacial score (nSPS) is 11.7. The van der Waals surface area contributed by atoms with Crippen molar-refractivity contribution >= 4 is 0 Å². The topological polar surface area (TPSA) is 33.1 Å². The number of aromatic nitrogens is 1. The van der Waals surface area contributed by atoms with Crippen LogP contribution in [0.25, 0.3) is 0 Å². The number of nitrogens with zero attached hydrogens (tertiary/aromatic N) is 1. The Labute approximate surface area is 73.0 Å². The summed E-state index contributed by atoms with van der Waals surface area (Å²) in [5, 5.41) is 8.33. The fourth-order valence-electron chi connectivity index (χ4n) is 0.873. The molecule has 13 heavy (non-hydrogen) atoms. The van der Waals surface area contributed by atoms with Crippen LogP contribution in [0, 0.1) is 5.82 Å².